The number of para-hydroxylation sites is 1. The highest BCUT2D eigenvalue weighted by Crippen LogP contribution is 2.21. The number of carbonyl (C=O) groups excluding carboxylic acids is 2. The highest BCUT2D eigenvalue weighted by Gasteiger charge is 2.13. The number of nitrogens with zero attached hydrogens (tertiary/aromatic N) is 2. The maximum Gasteiger partial charge on any atom is 0.291 e. The van der Waals surface area contributed by atoms with Gasteiger partial charge in [0.05, 0.1) is 11.7 Å². The largest absolute Gasteiger partial charge is 0.451 e. The maximum absolute atomic E-state index is 12.5. The zero-order valence-corrected chi connectivity index (χ0v) is 16.3. The zero-order valence-electron chi connectivity index (χ0n) is 15.5. The molecule has 0 fully saturated rings. The van der Waals surface area contributed by atoms with Gasteiger partial charge in [0.25, 0.3) is 11.8 Å². The van der Waals surface area contributed by atoms with E-state index in [-0.39, 0.29) is 17.6 Å². The second-order valence-corrected chi connectivity index (χ2v) is 7.13. The predicted octanol–water partition coefficient (Wildman–Crippen LogP) is 4.94. The molecule has 0 spiro atoms. The number of hydrogen-bond donors (Lipinski definition) is 2. The molecule has 0 aliphatic carbocycles. The molecule has 7 nitrogen and oxygen atoms in total. The van der Waals surface area contributed by atoms with Gasteiger partial charge >= 0.3 is 0 Å². The second-order valence-electron chi connectivity index (χ2n) is 6.60. The van der Waals surface area contributed by atoms with Crippen LogP contribution in [0.4, 0.5) is 11.4 Å². The van der Waals surface area contributed by atoms with Crippen LogP contribution in [0.3, 0.4) is 0 Å². The lowest BCUT2D eigenvalue weighted by Crippen LogP contribution is -2.13. The van der Waals surface area contributed by atoms with Gasteiger partial charge in [0, 0.05) is 22.3 Å². The fraction of sp³-hybridized carbons (Fsp3) is 0. The first-order valence-corrected chi connectivity index (χ1v) is 9.82. The van der Waals surface area contributed by atoms with Crippen LogP contribution in [0, 0.1) is 0 Å². The van der Waals surface area contributed by atoms with E-state index in [1.54, 1.807) is 48.5 Å². The van der Waals surface area contributed by atoms with Gasteiger partial charge in [0.2, 0.25) is 0 Å². The summed E-state index contributed by atoms with van der Waals surface area (Å²) in [6.45, 7) is 0. The van der Waals surface area contributed by atoms with Crippen molar-refractivity contribution in [3.05, 3.63) is 84.1 Å². The van der Waals surface area contributed by atoms with Crippen LogP contribution in [0.15, 0.2) is 77.2 Å². The predicted molar refractivity (Wildman–Crippen MR) is 116 cm³/mol. The van der Waals surface area contributed by atoms with E-state index < -0.39 is 0 Å². The lowest BCUT2D eigenvalue weighted by Gasteiger charge is -2.07. The van der Waals surface area contributed by atoms with Crippen LogP contribution in [0.1, 0.15) is 20.9 Å². The van der Waals surface area contributed by atoms with Gasteiger partial charge in [-0.25, -0.2) is 0 Å². The molecule has 2 amide bonds. The number of nitrogens with one attached hydrogen (secondary N) is 2. The Hall–Kier alpha value is -4.04. The van der Waals surface area contributed by atoms with E-state index in [4.69, 9.17) is 4.42 Å². The Morgan fingerprint density at radius 1 is 0.767 bits per heavy atom. The van der Waals surface area contributed by atoms with Gasteiger partial charge in [-0.3, -0.25) is 9.59 Å². The number of benzene rings is 3. The van der Waals surface area contributed by atoms with E-state index >= 15 is 0 Å². The highest BCUT2D eigenvalue weighted by molar-refractivity contribution is 7.00. The molecule has 2 aromatic heterocycles. The molecular weight excluding hydrogens is 400 g/mol. The topological polar surface area (TPSA) is 97.1 Å². The number of aromatic nitrogens is 2. The molecule has 30 heavy (non-hydrogen) atoms. The Balaban J connectivity index is 1.26. The molecule has 0 unspecified atom stereocenters. The Morgan fingerprint density at radius 3 is 2.23 bits per heavy atom. The van der Waals surface area contributed by atoms with Gasteiger partial charge in [0.1, 0.15) is 16.6 Å². The van der Waals surface area contributed by atoms with Crippen molar-refractivity contribution in [3.8, 4) is 0 Å². The van der Waals surface area contributed by atoms with Gasteiger partial charge in [-0.1, -0.05) is 18.2 Å². The van der Waals surface area contributed by atoms with E-state index in [0.717, 1.165) is 22.6 Å². The SMILES string of the molecule is O=C(Nc1ccc(NC(=O)c2cc3ccccc3o2)cc1)c1ccc2nsnc2c1. The van der Waals surface area contributed by atoms with Gasteiger partial charge in [0.15, 0.2) is 5.76 Å². The summed E-state index contributed by atoms with van der Waals surface area (Å²) in [7, 11) is 0. The molecule has 2 N–H and O–H groups in total. The van der Waals surface area contributed by atoms with Crippen molar-refractivity contribution in [1.29, 1.82) is 0 Å². The number of hydrogen-bond acceptors (Lipinski definition) is 6. The number of fused-ring (bicyclic) bond motifs is 2. The standard InChI is InChI=1S/C22H14N4O3S/c27-21(14-5-10-17-18(11-14)26-30-25-17)23-15-6-8-16(9-7-15)24-22(28)20-12-13-3-1-2-4-19(13)29-20/h1-12H,(H,23,27)(H,24,28). The van der Waals surface area contributed by atoms with Crippen molar-refractivity contribution in [3.63, 3.8) is 0 Å². The summed E-state index contributed by atoms with van der Waals surface area (Å²) < 4.78 is 13.9. The molecule has 5 rings (SSSR count). The molecular formula is C22H14N4O3S. The lowest BCUT2D eigenvalue weighted by molar-refractivity contribution is 0.0996. The lowest BCUT2D eigenvalue weighted by atomic mass is 10.2. The van der Waals surface area contributed by atoms with Crippen molar-refractivity contribution in [2.24, 2.45) is 0 Å². The summed E-state index contributed by atoms with van der Waals surface area (Å²) >= 11 is 1.11. The van der Waals surface area contributed by atoms with Crippen LogP contribution in [-0.2, 0) is 0 Å². The van der Waals surface area contributed by atoms with Crippen molar-refractivity contribution in [2.45, 2.75) is 0 Å². The molecule has 5 aromatic rings. The molecule has 0 bridgehead atoms. The van der Waals surface area contributed by atoms with Crippen molar-refractivity contribution in [1.82, 2.24) is 8.75 Å². The van der Waals surface area contributed by atoms with Crippen LogP contribution >= 0.6 is 11.7 Å². The maximum atomic E-state index is 12.5. The summed E-state index contributed by atoms with van der Waals surface area (Å²) in [6, 6.07) is 21.2. The summed E-state index contributed by atoms with van der Waals surface area (Å²) in [6.07, 6.45) is 0. The van der Waals surface area contributed by atoms with E-state index in [1.165, 1.54) is 0 Å². The van der Waals surface area contributed by atoms with E-state index in [9.17, 15) is 9.59 Å². The minimum absolute atomic E-state index is 0.237. The zero-order chi connectivity index (χ0) is 20.5. The number of rotatable bonds is 4. The fourth-order valence-electron chi connectivity index (χ4n) is 3.05. The number of amides is 2. The molecule has 0 aliphatic heterocycles. The second kappa shape index (κ2) is 7.41. The van der Waals surface area contributed by atoms with E-state index in [0.29, 0.717) is 28.0 Å². The third-order valence-electron chi connectivity index (χ3n) is 4.57. The Morgan fingerprint density at radius 2 is 1.47 bits per heavy atom. The summed E-state index contributed by atoms with van der Waals surface area (Å²) in [4.78, 5) is 24.9. The van der Waals surface area contributed by atoms with Gasteiger partial charge < -0.3 is 15.1 Å². The fourth-order valence-corrected chi connectivity index (χ4v) is 3.57. The Labute approximate surface area is 174 Å². The smallest absolute Gasteiger partial charge is 0.291 e. The van der Waals surface area contributed by atoms with Crippen molar-refractivity contribution < 1.29 is 14.0 Å². The molecule has 2 heterocycles. The van der Waals surface area contributed by atoms with Gasteiger partial charge in [-0.15, -0.1) is 0 Å². The van der Waals surface area contributed by atoms with Crippen LogP contribution in [0.25, 0.3) is 22.0 Å². The summed E-state index contributed by atoms with van der Waals surface area (Å²) in [5, 5.41) is 6.49. The van der Waals surface area contributed by atoms with Crippen LogP contribution in [0.2, 0.25) is 0 Å². The van der Waals surface area contributed by atoms with Crippen LogP contribution < -0.4 is 10.6 Å². The average molecular weight is 414 g/mol. The molecule has 146 valence electrons. The molecule has 0 saturated carbocycles. The Kier molecular flexibility index (Phi) is 4.45. The van der Waals surface area contributed by atoms with Crippen LogP contribution in [-0.4, -0.2) is 20.6 Å². The molecule has 3 aromatic carbocycles. The molecule has 0 atom stereocenters. The Bertz CT molecular complexity index is 1320. The minimum Gasteiger partial charge on any atom is -0.451 e. The molecule has 0 aliphatic rings. The van der Waals surface area contributed by atoms with Crippen molar-refractivity contribution >= 4 is 56.9 Å². The third kappa shape index (κ3) is 3.51. The quantitative estimate of drug-likeness (QED) is 0.434. The summed E-state index contributed by atoms with van der Waals surface area (Å²) in [5.41, 5.74) is 3.81. The average Bonchev–Trinajstić information content (AvgIpc) is 3.41. The van der Waals surface area contributed by atoms with Crippen molar-refractivity contribution in [2.75, 3.05) is 10.6 Å². The van der Waals surface area contributed by atoms with Crippen LogP contribution in [0.5, 0.6) is 0 Å². The number of furan rings is 1. The van der Waals surface area contributed by atoms with Gasteiger partial charge in [-0.05, 0) is 54.6 Å². The van der Waals surface area contributed by atoms with E-state index in [2.05, 4.69) is 19.4 Å². The molecule has 0 saturated heterocycles. The van der Waals surface area contributed by atoms with E-state index in [1.807, 2.05) is 24.3 Å². The first kappa shape index (κ1) is 18.0. The molecule has 0 radical (unpaired) electrons. The number of carbonyl (C=O) groups is 2. The third-order valence-corrected chi connectivity index (χ3v) is 5.12. The normalized spacial score (nSPS) is 10.9. The minimum atomic E-state index is -0.340. The first-order chi connectivity index (χ1) is 14.7. The molecule has 8 heteroatoms. The number of anilines is 2. The van der Waals surface area contributed by atoms with Gasteiger partial charge in [-0.2, -0.15) is 8.75 Å². The first-order valence-electron chi connectivity index (χ1n) is 9.09. The highest BCUT2D eigenvalue weighted by atomic mass is 32.1. The monoisotopic (exact) mass is 414 g/mol. The summed E-state index contributed by atoms with van der Waals surface area (Å²) in [5.74, 6) is -0.349.